The van der Waals surface area contributed by atoms with Crippen molar-refractivity contribution in [2.75, 3.05) is 24.7 Å². The lowest BCUT2D eigenvalue weighted by Crippen LogP contribution is -2.31. The fraction of sp³-hybridized carbons (Fsp3) is 0.250. The molecule has 1 amide bonds. The van der Waals surface area contributed by atoms with Crippen LogP contribution in [-0.4, -0.2) is 48.4 Å². The van der Waals surface area contributed by atoms with Crippen LogP contribution in [0.1, 0.15) is 5.69 Å². The van der Waals surface area contributed by atoms with Crippen LogP contribution >= 0.6 is 0 Å². The van der Waals surface area contributed by atoms with Crippen LogP contribution in [0.5, 0.6) is 0 Å². The van der Waals surface area contributed by atoms with Crippen molar-refractivity contribution < 1.29 is 18.1 Å². The number of nitro groups is 1. The van der Waals surface area contributed by atoms with E-state index >= 15 is 0 Å². The van der Waals surface area contributed by atoms with E-state index < -0.39 is 14.8 Å². The summed E-state index contributed by atoms with van der Waals surface area (Å²) in [6.45, 7) is 0.333. The number of rotatable bonds is 8. The zero-order valence-corrected chi connectivity index (χ0v) is 18.2. The van der Waals surface area contributed by atoms with Gasteiger partial charge in [-0.3, -0.25) is 19.7 Å². The molecule has 0 fully saturated rings. The zero-order valence-electron chi connectivity index (χ0n) is 17.4. The molecule has 1 heterocycles. The highest BCUT2D eigenvalue weighted by atomic mass is 32.2. The lowest BCUT2D eigenvalue weighted by atomic mass is 10.1. The van der Waals surface area contributed by atoms with E-state index in [-0.39, 0.29) is 47.2 Å². The van der Waals surface area contributed by atoms with Crippen molar-refractivity contribution in [2.24, 2.45) is 7.05 Å². The summed E-state index contributed by atoms with van der Waals surface area (Å²) in [5, 5.41) is 22.0. The third-order valence-electron chi connectivity index (χ3n) is 4.72. The van der Waals surface area contributed by atoms with Gasteiger partial charge in [-0.2, -0.15) is 5.10 Å². The smallest absolute Gasteiger partial charge is 0.293 e. The third kappa shape index (κ3) is 5.09. The lowest BCUT2D eigenvalue weighted by molar-refractivity contribution is -0.384. The van der Waals surface area contributed by atoms with Gasteiger partial charge in [-0.25, -0.2) is 13.1 Å². The largest absolute Gasteiger partial charge is 0.378 e. The van der Waals surface area contributed by atoms with E-state index in [0.29, 0.717) is 16.5 Å². The van der Waals surface area contributed by atoms with Crippen molar-refractivity contribution >= 4 is 37.9 Å². The molecular formula is C20H21N5O6S. The molecule has 0 bridgehead atoms. The highest BCUT2D eigenvalue weighted by Crippen LogP contribution is 2.27. The first-order valence-corrected chi connectivity index (χ1v) is 11.4. The molecule has 0 atom stereocenters. The first-order valence-electron chi connectivity index (χ1n) is 9.52. The Labute approximate surface area is 183 Å². The molecule has 0 aliphatic rings. The van der Waals surface area contributed by atoms with Gasteiger partial charge >= 0.3 is 0 Å². The van der Waals surface area contributed by atoms with Crippen LogP contribution in [0.2, 0.25) is 0 Å². The van der Waals surface area contributed by atoms with E-state index in [1.807, 2.05) is 0 Å². The minimum atomic E-state index is -3.58. The maximum atomic E-state index is 12.4. The van der Waals surface area contributed by atoms with E-state index in [9.17, 15) is 28.1 Å². The molecule has 12 heteroatoms. The van der Waals surface area contributed by atoms with Gasteiger partial charge in [0.25, 0.3) is 11.2 Å². The van der Waals surface area contributed by atoms with Gasteiger partial charge < -0.3 is 10.6 Å². The standard InChI is InChI=1S/C20H21N5O6S/c1-24-20(27)15-6-4-3-5-14(15)17(23-24)12-19(26)22-10-9-21-16-8-7-13(32(2,30)31)11-18(16)25(28)29/h3-8,11,21H,9-10,12H2,1-2H3,(H,22,26). The molecule has 1 aromatic heterocycles. The SMILES string of the molecule is Cn1nc(CC(=O)NCCNc2ccc(S(C)(=O)=O)cc2[N+](=O)[O-])c2ccccc2c1=O. The van der Waals surface area contributed by atoms with Crippen molar-refractivity contribution in [3.8, 4) is 0 Å². The van der Waals surface area contributed by atoms with E-state index in [0.717, 1.165) is 12.3 Å². The summed E-state index contributed by atoms with van der Waals surface area (Å²) < 4.78 is 24.4. The minimum Gasteiger partial charge on any atom is -0.378 e. The molecular weight excluding hydrogens is 438 g/mol. The molecule has 0 saturated carbocycles. The summed E-state index contributed by atoms with van der Waals surface area (Å²) in [6.07, 6.45) is 0.926. The predicted molar refractivity (Wildman–Crippen MR) is 118 cm³/mol. The van der Waals surface area contributed by atoms with Gasteiger partial charge in [-0.1, -0.05) is 18.2 Å². The molecule has 2 N–H and O–H groups in total. The Morgan fingerprint density at radius 1 is 1.16 bits per heavy atom. The monoisotopic (exact) mass is 459 g/mol. The van der Waals surface area contributed by atoms with Crippen LogP contribution in [-0.2, 0) is 28.1 Å². The molecule has 0 saturated heterocycles. The molecule has 3 aromatic rings. The lowest BCUT2D eigenvalue weighted by Gasteiger charge is -2.10. The number of hydrogen-bond acceptors (Lipinski definition) is 8. The van der Waals surface area contributed by atoms with Gasteiger partial charge in [0.2, 0.25) is 5.91 Å². The summed E-state index contributed by atoms with van der Waals surface area (Å²) in [7, 11) is -2.06. The zero-order chi connectivity index (χ0) is 23.5. The molecule has 2 aromatic carbocycles. The highest BCUT2D eigenvalue weighted by molar-refractivity contribution is 7.90. The Morgan fingerprint density at radius 2 is 1.84 bits per heavy atom. The van der Waals surface area contributed by atoms with Crippen LogP contribution in [0.3, 0.4) is 0 Å². The Balaban J connectivity index is 1.63. The van der Waals surface area contributed by atoms with Gasteiger partial charge in [0, 0.05) is 37.8 Å². The summed E-state index contributed by atoms with van der Waals surface area (Å²) in [5.74, 6) is -0.329. The normalized spacial score (nSPS) is 11.3. The van der Waals surface area contributed by atoms with Crippen molar-refractivity contribution in [1.82, 2.24) is 15.1 Å². The van der Waals surface area contributed by atoms with Crippen molar-refractivity contribution in [3.63, 3.8) is 0 Å². The number of carbonyl (C=O) groups excluding carboxylic acids is 1. The Morgan fingerprint density at radius 3 is 2.50 bits per heavy atom. The Bertz CT molecular complexity index is 1370. The fourth-order valence-corrected chi connectivity index (χ4v) is 3.80. The van der Waals surface area contributed by atoms with Crippen LogP contribution < -0.4 is 16.2 Å². The van der Waals surface area contributed by atoms with E-state index in [2.05, 4.69) is 15.7 Å². The number of aryl methyl sites for hydroxylation is 1. The number of fused-ring (bicyclic) bond motifs is 1. The Kier molecular flexibility index (Phi) is 6.53. The number of nitrogens with zero attached hydrogens (tertiary/aromatic N) is 3. The van der Waals surface area contributed by atoms with Crippen LogP contribution in [0, 0.1) is 10.1 Å². The minimum absolute atomic E-state index is 0.0438. The molecule has 11 nitrogen and oxygen atoms in total. The average molecular weight is 459 g/mol. The average Bonchev–Trinajstić information content (AvgIpc) is 2.74. The molecule has 0 aliphatic carbocycles. The summed E-state index contributed by atoms with van der Waals surface area (Å²) >= 11 is 0. The topological polar surface area (TPSA) is 153 Å². The highest BCUT2D eigenvalue weighted by Gasteiger charge is 2.18. The molecule has 32 heavy (non-hydrogen) atoms. The van der Waals surface area contributed by atoms with Crippen molar-refractivity contribution in [1.29, 1.82) is 0 Å². The second-order valence-electron chi connectivity index (χ2n) is 7.08. The summed E-state index contributed by atoms with van der Waals surface area (Å²) in [4.78, 5) is 35.0. The number of amides is 1. The molecule has 0 aliphatic heterocycles. The van der Waals surface area contributed by atoms with Gasteiger partial charge in [-0.15, -0.1) is 0 Å². The number of carbonyl (C=O) groups is 1. The van der Waals surface area contributed by atoms with Crippen LogP contribution in [0.4, 0.5) is 11.4 Å². The second kappa shape index (κ2) is 9.14. The number of benzene rings is 2. The molecule has 3 rings (SSSR count). The molecule has 0 unspecified atom stereocenters. The first-order chi connectivity index (χ1) is 15.1. The number of aromatic nitrogens is 2. The van der Waals surface area contributed by atoms with Crippen molar-refractivity contribution in [3.05, 3.63) is 68.6 Å². The number of nitrogens with one attached hydrogen (secondary N) is 2. The number of sulfone groups is 1. The predicted octanol–water partition coefficient (Wildman–Crippen LogP) is 1.02. The molecule has 0 radical (unpaired) electrons. The summed E-state index contributed by atoms with van der Waals surface area (Å²) in [6, 6.07) is 10.5. The summed E-state index contributed by atoms with van der Waals surface area (Å²) in [5.41, 5.74) is -0.0277. The van der Waals surface area contributed by atoms with Crippen LogP contribution in [0.15, 0.2) is 52.2 Å². The number of anilines is 1. The van der Waals surface area contributed by atoms with E-state index in [4.69, 9.17) is 0 Å². The quantitative estimate of drug-likeness (QED) is 0.287. The Hall–Kier alpha value is -3.80. The number of hydrogen-bond donors (Lipinski definition) is 2. The fourth-order valence-electron chi connectivity index (χ4n) is 3.16. The maximum absolute atomic E-state index is 12.4. The van der Waals surface area contributed by atoms with Gasteiger partial charge in [0.1, 0.15) is 5.69 Å². The second-order valence-corrected chi connectivity index (χ2v) is 9.10. The van der Waals surface area contributed by atoms with E-state index in [1.54, 1.807) is 24.3 Å². The van der Waals surface area contributed by atoms with Gasteiger partial charge in [-0.05, 0) is 18.2 Å². The molecule has 168 valence electrons. The van der Waals surface area contributed by atoms with E-state index in [1.165, 1.54) is 23.9 Å². The molecule has 0 spiro atoms. The third-order valence-corrected chi connectivity index (χ3v) is 5.83. The first kappa shape index (κ1) is 22.9. The maximum Gasteiger partial charge on any atom is 0.293 e. The number of nitro benzene ring substituents is 1. The van der Waals surface area contributed by atoms with Gasteiger partial charge in [0.05, 0.1) is 27.3 Å². The van der Waals surface area contributed by atoms with Gasteiger partial charge in [0.15, 0.2) is 9.84 Å². The van der Waals surface area contributed by atoms with Crippen LogP contribution in [0.25, 0.3) is 10.8 Å². The van der Waals surface area contributed by atoms with Crippen molar-refractivity contribution in [2.45, 2.75) is 11.3 Å².